The first-order chi connectivity index (χ1) is 17.3. The molecule has 0 heterocycles. The van der Waals surface area contributed by atoms with Crippen molar-refractivity contribution < 1.29 is 28.5 Å². The van der Waals surface area contributed by atoms with E-state index in [1.807, 2.05) is 90.1 Å². The SMILES string of the molecule is CCC(COc1c2ccccc2c(OCC(CC)OC(=O)C(C)C)c2ccccc12)OC(=O)C(C)C. The number of esters is 2. The molecule has 0 aliphatic heterocycles. The molecule has 2 unspecified atom stereocenters. The van der Waals surface area contributed by atoms with Crippen LogP contribution >= 0.6 is 0 Å². The van der Waals surface area contributed by atoms with Crippen molar-refractivity contribution in [2.24, 2.45) is 11.8 Å². The smallest absolute Gasteiger partial charge is 0.308 e. The molecular weight excluding hydrogens is 456 g/mol. The molecule has 3 aromatic carbocycles. The van der Waals surface area contributed by atoms with Crippen LogP contribution in [-0.4, -0.2) is 37.4 Å². The molecule has 194 valence electrons. The Morgan fingerprint density at radius 1 is 0.611 bits per heavy atom. The molecule has 3 rings (SSSR count). The van der Waals surface area contributed by atoms with E-state index in [-0.39, 0.29) is 49.2 Å². The van der Waals surface area contributed by atoms with Crippen LogP contribution < -0.4 is 9.47 Å². The van der Waals surface area contributed by atoms with Crippen molar-refractivity contribution in [3.8, 4) is 11.5 Å². The van der Waals surface area contributed by atoms with Crippen LogP contribution in [0.5, 0.6) is 11.5 Å². The predicted molar refractivity (Wildman–Crippen MR) is 142 cm³/mol. The Kier molecular flexibility index (Phi) is 9.57. The van der Waals surface area contributed by atoms with Crippen molar-refractivity contribution >= 4 is 33.5 Å². The minimum absolute atomic E-state index is 0.191. The molecule has 0 spiro atoms. The van der Waals surface area contributed by atoms with Crippen LogP contribution in [0.3, 0.4) is 0 Å². The van der Waals surface area contributed by atoms with Crippen LogP contribution in [0.4, 0.5) is 0 Å². The van der Waals surface area contributed by atoms with E-state index < -0.39 is 0 Å². The van der Waals surface area contributed by atoms with E-state index in [1.165, 1.54) is 0 Å². The molecule has 0 N–H and O–H groups in total. The number of hydrogen-bond donors (Lipinski definition) is 0. The average molecular weight is 495 g/mol. The van der Waals surface area contributed by atoms with E-state index >= 15 is 0 Å². The molecule has 2 atom stereocenters. The van der Waals surface area contributed by atoms with Gasteiger partial charge in [-0.1, -0.05) is 90.1 Å². The monoisotopic (exact) mass is 494 g/mol. The fourth-order valence-electron chi connectivity index (χ4n) is 3.78. The van der Waals surface area contributed by atoms with E-state index in [2.05, 4.69) is 0 Å². The second-order valence-corrected chi connectivity index (χ2v) is 9.62. The van der Waals surface area contributed by atoms with Crippen LogP contribution in [0.15, 0.2) is 48.5 Å². The highest BCUT2D eigenvalue weighted by atomic mass is 16.6. The zero-order valence-corrected chi connectivity index (χ0v) is 22.2. The Morgan fingerprint density at radius 3 is 1.17 bits per heavy atom. The maximum atomic E-state index is 12.1. The van der Waals surface area contributed by atoms with Gasteiger partial charge in [0.2, 0.25) is 0 Å². The molecule has 0 aliphatic carbocycles. The van der Waals surface area contributed by atoms with Gasteiger partial charge in [0.05, 0.1) is 11.8 Å². The number of ether oxygens (including phenoxy) is 4. The van der Waals surface area contributed by atoms with Crippen LogP contribution in [0, 0.1) is 11.8 Å². The van der Waals surface area contributed by atoms with Crippen molar-refractivity contribution in [3.05, 3.63) is 48.5 Å². The summed E-state index contributed by atoms with van der Waals surface area (Å²) in [5, 5.41) is 3.62. The Balaban J connectivity index is 1.95. The zero-order valence-electron chi connectivity index (χ0n) is 22.2. The quantitative estimate of drug-likeness (QED) is 0.206. The van der Waals surface area contributed by atoms with Gasteiger partial charge < -0.3 is 18.9 Å². The summed E-state index contributed by atoms with van der Waals surface area (Å²) in [4.78, 5) is 24.2. The van der Waals surface area contributed by atoms with Crippen LogP contribution in [0.2, 0.25) is 0 Å². The fraction of sp³-hybridized carbons (Fsp3) is 0.467. The van der Waals surface area contributed by atoms with E-state index in [1.54, 1.807) is 0 Å². The highest BCUT2D eigenvalue weighted by Gasteiger charge is 2.21. The van der Waals surface area contributed by atoms with Gasteiger partial charge in [-0.3, -0.25) is 9.59 Å². The van der Waals surface area contributed by atoms with Crippen LogP contribution in [0.25, 0.3) is 21.5 Å². The molecule has 0 radical (unpaired) electrons. The summed E-state index contributed by atoms with van der Waals surface area (Å²) in [6.07, 6.45) is 0.634. The summed E-state index contributed by atoms with van der Waals surface area (Å²) in [5.74, 6) is 0.615. The molecule has 0 aliphatic rings. The average Bonchev–Trinajstić information content (AvgIpc) is 2.88. The molecule has 0 amide bonds. The molecule has 6 heteroatoms. The third-order valence-corrected chi connectivity index (χ3v) is 6.08. The van der Waals surface area contributed by atoms with Crippen LogP contribution in [0.1, 0.15) is 54.4 Å². The Labute approximate surface area is 213 Å². The Bertz CT molecular complexity index is 1030. The molecule has 3 aromatic rings. The first kappa shape index (κ1) is 27.3. The largest absolute Gasteiger partial charge is 0.488 e. The topological polar surface area (TPSA) is 71.1 Å². The number of rotatable bonds is 12. The zero-order chi connectivity index (χ0) is 26.2. The molecule has 36 heavy (non-hydrogen) atoms. The number of fused-ring (bicyclic) bond motifs is 2. The third-order valence-electron chi connectivity index (χ3n) is 6.08. The first-order valence-corrected chi connectivity index (χ1v) is 12.9. The highest BCUT2D eigenvalue weighted by molar-refractivity contribution is 6.11. The lowest BCUT2D eigenvalue weighted by molar-refractivity contribution is -0.155. The highest BCUT2D eigenvalue weighted by Crippen LogP contribution is 2.42. The molecule has 0 fully saturated rings. The summed E-state index contributed by atoms with van der Waals surface area (Å²) < 4.78 is 23.9. The van der Waals surface area contributed by atoms with Gasteiger partial charge in [0, 0.05) is 21.5 Å². The molecule has 0 bridgehead atoms. The van der Waals surface area contributed by atoms with Gasteiger partial charge in [-0.15, -0.1) is 0 Å². The summed E-state index contributed by atoms with van der Waals surface area (Å²) in [7, 11) is 0. The lowest BCUT2D eigenvalue weighted by Gasteiger charge is -2.22. The fourth-order valence-corrected chi connectivity index (χ4v) is 3.78. The van der Waals surface area contributed by atoms with Crippen LogP contribution in [-0.2, 0) is 19.1 Å². The molecule has 6 nitrogen and oxygen atoms in total. The molecule has 0 saturated heterocycles. The minimum Gasteiger partial charge on any atom is -0.488 e. The summed E-state index contributed by atoms with van der Waals surface area (Å²) >= 11 is 0. The number of carbonyl (C=O) groups is 2. The van der Waals surface area contributed by atoms with Crippen molar-refractivity contribution in [1.29, 1.82) is 0 Å². The second kappa shape index (κ2) is 12.6. The van der Waals surface area contributed by atoms with Gasteiger partial charge in [0.15, 0.2) is 0 Å². The summed E-state index contributed by atoms with van der Waals surface area (Å²) in [6, 6.07) is 15.9. The number of hydrogen-bond acceptors (Lipinski definition) is 6. The van der Waals surface area contributed by atoms with Gasteiger partial charge in [-0.25, -0.2) is 0 Å². The molecular formula is C30H38O6. The Morgan fingerprint density at radius 2 is 0.917 bits per heavy atom. The van der Waals surface area contributed by atoms with Crippen molar-refractivity contribution in [2.45, 2.75) is 66.6 Å². The summed E-state index contributed by atoms with van der Waals surface area (Å²) in [5.41, 5.74) is 0. The summed E-state index contributed by atoms with van der Waals surface area (Å²) in [6.45, 7) is 11.8. The number of benzene rings is 3. The molecule has 0 saturated carbocycles. The van der Waals surface area contributed by atoms with Crippen molar-refractivity contribution in [3.63, 3.8) is 0 Å². The normalized spacial score (nSPS) is 13.1. The first-order valence-electron chi connectivity index (χ1n) is 12.9. The van der Waals surface area contributed by atoms with Crippen molar-refractivity contribution in [2.75, 3.05) is 13.2 Å². The Hall–Kier alpha value is -3.28. The standard InChI is InChI=1S/C30H38O6/c1-7-21(35-29(31)19(3)4)17-33-27-23-13-9-11-15-25(23)28(26-16-12-10-14-24(26)27)34-18-22(8-2)36-30(32)20(5)6/h9-16,19-22H,7-8,17-18H2,1-6H3. The van der Waals surface area contributed by atoms with Gasteiger partial charge in [-0.2, -0.15) is 0 Å². The van der Waals surface area contributed by atoms with E-state index in [4.69, 9.17) is 18.9 Å². The molecule has 0 aromatic heterocycles. The van der Waals surface area contributed by atoms with E-state index in [0.717, 1.165) is 33.0 Å². The van der Waals surface area contributed by atoms with E-state index in [0.29, 0.717) is 12.8 Å². The van der Waals surface area contributed by atoms with Gasteiger partial charge in [0.25, 0.3) is 0 Å². The maximum Gasteiger partial charge on any atom is 0.308 e. The van der Waals surface area contributed by atoms with Gasteiger partial charge >= 0.3 is 11.9 Å². The maximum absolute atomic E-state index is 12.1. The second-order valence-electron chi connectivity index (χ2n) is 9.62. The van der Waals surface area contributed by atoms with Gasteiger partial charge in [0.1, 0.15) is 36.9 Å². The van der Waals surface area contributed by atoms with Crippen molar-refractivity contribution in [1.82, 2.24) is 0 Å². The van der Waals surface area contributed by atoms with E-state index in [9.17, 15) is 9.59 Å². The number of carbonyl (C=O) groups excluding carboxylic acids is 2. The third kappa shape index (κ3) is 6.48. The van der Waals surface area contributed by atoms with Gasteiger partial charge in [-0.05, 0) is 12.8 Å². The predicted octanol–water partition coefficient (Wildman–Crippen LogP) is 6.71. The minimum atomic E-state index is -0.339. The lowest BCUT2D eigenvalue weighted by atomic mass is 10.0. The lowest BCUT2D eigenvalue weighted by Crippen LogP contribution is -2.27.